The predicted octanol–water partition coefficient (Wildman–Crippen LogP) is 3.38. The Morgan fingerprint density at radius 1 is 0.947 bits per heavy atom. The van der Waals surface area contributed by atoms with E-state index < -0.39 is 15.4 Å². The van der Waals surface area contributed by atoms with Crippen LogP contribution in [0.4, 0.5) is 0 Å². The standard InChI is InChI=1S/C14H31NO3S/c1-3-4-5-6-7-8-9-10-11-14(12-13-15-2)19(16,17)18/h14-15H,3-13H2,1-2H3,(H,16,17,18). The molecule has 1 unspecified atom stereocenters. The first-order valence-electron chi connectivity index (χ1n) is 7.63. The summed E-state index contributed by atoms with van der Waals surface area (Å²) in [5.41, 5.74) is 0. The molecule has 0 heterocycles. The van der Waals surface area contributed by atoms with Crippen LogP contribution >= 0.6 is 0 Å². The molecule has 0 saturated heterocycles. The Hall–Kier alpha value is -0.130. The van der Waals surface area contributed by atoms with Crippen LogP contribution in [-0.4, -0.2) is 31.8 Å². The molecule has 0 aromatic carbocycles. The fraction of sp³-hybridized carbons (Fsp3) is 1.00. The maximum Gasteiger partial charge on any atom is 0.267 e. The van der Waals surface area contributed by atoms with Gasteiger partial charge in [-0.1, -0.05) is 58.3 Å². The van der Waals surface area contributed by atoms with Crippen LogP contribution in [0.1, 0.15) is 71.1 Å². The summed E-state index contributed by atoms with van der Waals surface area (Å²) < 4.78 is 31.6. The van der Waals surface area contributed by atoms with Gasteiger partial charge in [-0.2, -0.15) is 8.42 Å². The average Bonchev–Trinajstić information content (AvgIpc) is 2.34. The topological polar surface area (TPSA) is 66.4 Å². The van der Waals surface area contributed by atoms with E-state index in [1.165, 1.54) is 38.5 Å². The quantitative estimate of drug-likeness (QED) is 0.403. The maximum absolute atomic E-state index is 11.2. The molecule has 2 N–H and O–H groups in total. The van der Waals surface area contributed by atoms with Gasteiger partial charge in [0, 0.05) is 0 Å². The molecule has 19 heavy (non-hydrogen) atoms. The SMILES string of the molecule is CCCCCCCCCCC(CCNC)S(=O)(=O)O. The molecule has 1 atom stereocenters. The monoisotopic (exact) mass is 293 g/mol. The van der Waals surface area contributed by atoms with Crippen LogP contribution in [0.5, 0.6) is 0 Å². The minimum Gasteiger partial charge on any atom is -0.320 e. The lowest BCUT2D eigenvalue weighted by Crippen LogP contribution is -2.25. The number of hydrogen-bond acceptors (Lipinski definition) is 3. The Labute approximate surface area is 119 Å². The molecule has 0 bridgehead atoms. The van der Waals surface area contributed by atoms with E-state index in [4.69, 9.17) is 4.55 Å². The zero-order valence-electron chi connectivity index (χ0n) is 12.5. The highest BCUT2D eigenvalue weighted by molar-refractivity contribution is 7.86. The van der Waals surface area contributed by atoms with Crippen LogP contribution in [0.25, 0.3) is 0 Å². The van der Waals surface area contributed by atoms with Gasteiger partial charge >= 0.3 is 0 Å². The van der Waals surface area contributed by atoms with Crippen molar-refractivity contribution in [3.8, 4) is 0 Å². The van der Waals surface area contributed by atoms with Gasteiger partial charge in [0.15, 0.2) is 0 Å². The van der Waals surface area contributed by atoms with Gasteiger partial charge < -0.3 is 5.32 Å². The highest BCUT2D eigenvalue weighted by Crippen LogP contribution is 2.15. The average molecular weight is 293 g/mol. The van der Waals surface area contributed by atoms with E-state index in [1.807, 2.05) is 0 Å². The Balaban J connectivity index is 3.64. The van der Waals surface area contributed by atoms with E-state index in [1.54, 1.807) is 7.05 Å². The van der Waals surface area contributed by atoms with E-state index >= 15 is 0 Å². The van der Waals surface area contributed by atoms with E-state index in [0.717, 1.165) is 12.8 Å². The molecule has 4 nitrogen and oxygen atoms in total. The van der Waals surface area contributed by atoms with Gasteiger partial charge in [0.2, 0.25) is 0 Å². The lowest BCUT2D eigenvalue weighted by atomic mass is 10.1. The van der Waals surface area contributed by atoms with Gasteiger partial charge in [0.25, 0.3) is 10.1 Å². The van der Waals surface area contributed by atoms with Crippen LogP contribution in [0.15, 0.2) is 0 Å². The molecule has 0 fully saturated rings. The molecule has 0 aromatic rings. The summed E-state index contributed by atoms with van der Waals surface area (Å²) >= 11 is 0. The van der Waals surface area contributed by atoms with Gasteiger partial charge in [-0.15, -0.1) is 0 Å². The second kappa shape index (κ2) is 11.7. The number of hydrogen-bond donors (Lipinski definition) is 2. The molecule has 0 aliphatic heterocycles. The number of nitrogens with one attached hydrogen (secondary N) is 1. The van der Waals surface area contributed by atoms with Crippen molar-refractivity contribution in [2.24, 2.45) is 0 Å². The highest BCUT2D eigenvalue weighted by atomic mass is 32.2. The molecule has 0 aliphatic carbocycles. The molecule has 0 spiro atoms. The Bertz CT molecular complexity index is 291. The first kappa shape index (κ1) is 18.9. The Kier molecular flexibility index (Phi) is 11.6. The maximum atomic E-state index is 11.2. The van der Waals surface area contributed by atoms with Crippen molar-refractivity contribution in [2.45, 2.75) is 76.4 Å². The molecule has 0 saturated carbocycles. The number of unbranched alkanes of at least 4 members (excludes halogenated alkanes) is 7. The largest absolute Gasteiger partial charge is 0.320 e. The molecule has 0 amide bonds. The number of rotatable bonds is 13. The van der Waals surface area contributed by atoms with Crippen LogP contribution in [0.3, 0.4) is 0 Å². The van der Waals surface area contributed by atoms with Gasteiger partial charge in [0.1, 0.15) is 0 Å². The summed E-state index contributed by atoms with van der Waals surface area (Å²) in [7, 11) is -2.09. The fourth-order valence-electron chi connectivity index (χ4n) is 2.25. The van der Waals surface area contributed by atoms with Crippen LogP contribution in [-0.2, 0) is 10.1 Å². The van der Waals surface area contributed by atoms with Crippen molar-refractivity contribution < 1.29 is 13.0 Å². The van der Waals surface area contributed by atoms with E-state index in [0.29, 0.717) is 19.4 Å². The predicted molar refractivity (Wildman–Crippen MR) is 81.1 cm³/mol. The third kappa shape index (κ3) is 11.4. The molecule has 0 radical (unpaired) electrons. The van der Waals surface area contributed by atoms with Gasteiger partial charge in [-0.25, -0.2) is 0 Å². The van der Waals surface area contributed by atoms with Crippen molar-refractivity contribution in [1.82, 2.24) is 5.32 Å². The molecule has 116 valence electrons. The third-order valence-electron chi connectivity index (χ3n) is 3.52. The zero-order valence-corrected chi connectivity index (χ0v) is 13.3. The minimum absolute atomic E-state index is 0.492. The Morgan fingerprint density at radius 3 is 1.95 bits per heavy atom. The van der Waals surface area contributed by atoms with Gasteiger partial charge in [0.05, 0.1) is 5.25 Å². The molecule has 5 heteroatoms. The zero-order chi connectivity index (χ0) is 14.6. The molecule has 0 rings (SSSR count). The molecule has 0 aliphatic rings. The second-order valence-electron chi connectivity index (χ2n) is 5.29. The normalized spacial score (nSPS) is 13.6. The van der Waals surface area contributed by atoms with E-state index in [2.05, 4.69) is 12.2 Å². The van der Waals surface area contributed by atoms with Crippen molar-refractivity contribution >= 4 is 10.1 Å². The summed E-state index contributed by atoms with van der Waals surface area (Å²) in [5, 5.41) is 2.33. The second-order valence-corrected chi connectivity index (χ2v) is 6.99. The first-order valence-corrected chi connectivity index (χ1v) is 9.13. The van der Waals surface area contributed by atoms with Crippen molar-refractivity contribution in [3.63, 3.8) is 0 Å². The molecular weight excluding hydrogens is 262 g/mol. The summed E-state index contributed by atoms with van der Waals surface area (Å²) in [5.74, 6) is 0. The third-order valence-corrected chi connectivity index (χ3v) is 4.83. The van der Waals surface area contributed by atoms with Crippen LogP contribution in [0.2, 0.25) is 0 Å². The van der Waals surface area contributed by atoms with Crippen molar-refractivity contribution in [3.05, 3.63) is 0 Å². The summed E-state index contributed by atoms with van der Waals surface area (Å²) in [4.78, 5) is 0. The van der Waals surface area contributed by atoms with Crippen molar-refractivity contribution in [1.29, 1.82) is 0 Å². The molecule has 0 aromatic heterocycles. The van der Waals surface area contributed by atoms with Crippen LogP contribution < -0.4 is 5.32 Å². The summed E-state index contributed by atoms with van der Waals surface area (Å²) in [6, 6.07) is 0. The van der Waals surface area contributed by atoms with E-state index in [9.17, 15) is 8.42 Å². The van der Waals surface area contributed by atoms with Gasteiger partial charge in [-0.3, -0.25) is 4.55 Å². The smallest absolute Gasteiger partial charge is 0.267 e. The summed E-state index contributed by atoms with van der Waals surface area (Å²) in [6.07, 6.45) is 10.6. The minimum atomic E-state index is -3.88. The highest BCUT2D eigenvalue weighted by Gasteiger charge is 2.21. The first-order chi connectivity index (χ1) is 9.02. The van der Waals surface area contributed by atoms with Crippen LogP contribution in [0, 0.1) is 0 Å². The lowest BCUT2D eigenvalue weighted by molar-refractivity contribution is 0.447. The van der Waals surface area contributed by atoms with Crippen molar-refractivity contribution in [2.75, 3.05) is 13.6 Å². The fourth-order valence-corrected chi connectivity index (χ4v) is 3.13. The van der Waals surface area contributed by atoms with Gasteiger partial charge in [-0.05, 0) is 26.4 Å². The summed E-state index contributed by atoms with van der Waals surface area (Å²) in [6.45, 7) is 2.84. The lowest BCUT2D eigenvalue weighted by Gasteiger charge is -2.13. The molecular formula is C14H31NO3S. The Morgan fingerprint density at radius 2 is 1.47 bits per heavy atom. The van der Waals surface area contributed by atoms with E-state index in [-0.39, 0.29) is 0 Å².